The van der Waals surface area contributed by atoms with E-state index in [-0.39, 0.29) is 11.9 Å². The van der Waals surface area contributed by atoms with E-state index < -0.39 is 18.1 Å². The van der Waals surface area contributed by atoms with Crippen LogP contribution in [0.15, 0.2) is 0 Å². The molecule has 0 amide bonds. The van der Waals surface area contributed by atoms with Crippen LogP contribution in [0.2, 0.25) is 0 Å². The third kappa shape index (κ3) is 3.98. The highest BCUT2D eigenvalue weighted by molar-refractivity contribution is 5.77. The lowest BCUT2D eigenvalue weighted by Gasteiger charge is -2.20. The molecule has 1 rings (SSSR count). The van der Waals surface area contributed by atoms with Gasteiger partial charge in [-0.25, -0.2) is 0 Å². The van der Waals surface area contributed by atoms with Crippen molar-refractivity contribution in [1.29, 1.82) is 0 Å². The van der Waals surface area contributed by atoms with Gasteiger partial charge in [0.2, 0.25) is 0 Å². The highest BCUT2D eigenvalue weighted by atomic mass is 16.5. The van der Waals surface area contributed by atoms with Crippen molar-refractivity contribution in [2.75, 3.05) is 6.54 Å². The van der Waals surface area contributed by atoms with Gasteiger partial charge in [0.25, 0.3) is 0 Å². The molecule has 0 aromatic carbocycles. The Kier molecular flexibility index (Phi) is 6.12. The smallest absolute Gasteiger partial charge is 0.324 e. The molecule has 1 aliphatic heterocycles. The summed E-state index contributed by atoms with van der Waals surface area (Å²) < 4.78 is 5.37. The van der Waals surface area contributed by atoms with Crippen LogP contribution in [-0.2, 0) is 14.3 Å². The standard InChI is InChI=1S/C13H23NO4/c1-3-5-9(6-4-2)13(17)18-10-7-8-14-11(10)12(15)16/h9-11,14H,3-8H2,1-2H3,(H,15,16)/t10?,11-/m0/s1. The number of carbonyl (C=O) groups is 2. The number of aliphatic carboxylic acids is 1. The average Bonchev–Trinajstić information content (AvgIpc) is 2.77. The fraction of sp³-hybridized carbons (Fsp3) is 0.846. The van der Waals surface area contributed by atoms with Crippen molar-refractivity contribution in [3.63, 3.8) is 0 Å². The molecule has 1 heterocycles. The van der Waals surface area contributed by atoms with Crippen LogP contribution in [0.4, 0.5) is 0 Å². The molecular weight excluding hydrogens is 234 g/mol. The molecule has 0 aromatic rings. The summed E-state index contributed by atoms with van der Waals surface area (Å²) in [6, 6.07) is -0.752. The summed E-state index contributed by atoms with van der Waals surface area (Å²) in [6.45, 7) is 4.65. The molecule has 1 saturated heterocycles. The van der Waals surface area contributed by atoms with Gasteiger partial charge in [-0.1, -0.05) is 26.7 Å². The van der Waals surface area contributed by atoms with E-state index in [9.17, 15) is 9.59 Å². The van der Waals surface area contributed by atoms with Crippen molar-refractivity contribution in [1.82, 2.24) is 5.32 Å². The molecule has 0 aliphatic carbocycles. The molecule has 18 heavy (non-hydrogen) atoms. The topological polar surface area (TPSA) is 75.6 Å². The molecule has 104 valence electrons. The van der Waals surface area contributed by atoms with Crippen LogP contribution in [-0.4, -0.2) is 35.7 Å². The Morgan fingerprint density at radius 3 is 2.44 bits per heavy atom. The Balaban J connectivity index is 2.53. The van der Waals surface area contributed by atoms with Gasteiger partial charge in [0.05, 0.1) is 5.92 Å². The van der Waals surface area contributed by atoms with Gasteiger partial charge in [0.1, 0.15) is 12.1 Å². The van der Waals surface area contributed by atoms with Crippen LogP contribution in [0.5, 0.6) is 0 Å². The number of carboxylic acids is 1. The van der Waals surface area contributed by atoms with Gasteiger partial charge in [-0.05, 0) is 25.8 Å². The highest BCUT2D eigenvalue weighted by Crippen LogP contribution is 2.19. The summed E-state index contributed by atoms with van der Waals surface area (Å²) in [7, 11) is 0. The maximum Gasteiger partial charge on any atom is 0.324 e. The number of nitrogens with one attached hydrogen (secondary N) is 1. The number of carbonyl (C=O) groups excluding carboxylic acids is 1. The van der Waals surface area contributed by atoms with E-state index in [2.05, 4.69) is 5.32 Å². The lowest BCUT2D eigenvalue weighted by molar-refractivity contribution is -0.158. The largest absolute Gasteiger partial charge is 0.480 e. The first kappa shape index (κ1) is 15.0. The molecule has 2 N–H and O–H groups in total. The van der Waals surface area contributed by atoms with E-state index in [1.807, 2.05) is 13.8 Å². The second kappa shape index (κ2) is 7.36. The lowest BCUT2D eigenvalue weighted by atomic mass is 9.98. The minimum absolute atomic E-state index is 0.0879. The predicted molar refractivity (Wildman–Crippen MR) is 67.2 cm³/mol. The molecule has 0 aromatic heterocycles. The van der Waals surface area contributed by atoms with Gasteiger partial charge in [-0.2, -0.15) is 0 Å². The fourth-order valence-electron chi connectivity index (χ4n) is 2.37. The molecule has 0 bridgehead atoms. The molecule has 0 saturated carbocycles. The number of hydrogen-bond donors (Lipinski definition) is 2. The minimum atomic E-state index is -0.951. The lowest BCUT2D eigenvalue weighted by Crippen LogP contribution is -2.41. The Bertz CT molecular complexity index is 287. The third-order valence-corrected chi connectivity index (χ3v) is 3.31. The summed E-state index contributed by atoms with van der Waals surface area (Å²) in [5.74, 6) is -1.28. The Morgan fingerprint density at radius 2 is 1.94 bits per heavy atom. The zero-order chi connectivity index (χ0) is 13.5. The number of rotatable bonds is 7. The zero-order valence-corrected chi connectivity index (χ0v) is 11.1. The molecule has 0 radical (unpaired) electrons. The molecule has 0 spiro atoms. The van der Waals surface area contributed by atoms with Gasteiger partial charge < -0.3 is 15.2 Å². The number of carboxylic acid groups (broad SMARTS) is 1. The van der Waals surface area contributed by atoms with E-state index in [1.54, 1.807) is 0 Å². The van der Waals surface area contributed by atoms with E-state index in [0.29, 0.717) is 13.0 Å². The number of esters is 1. The van der Waals surface area contributed by atoms with Crippen LogP contribution in [0.3, 0.4) is 0 Å². The second-order valence-electron chi connectivity index (χ2n) is 4.81. The van der Waals surface area contributed by atoms with E-state index in [0.717, 1.165) is 25.7 Å². The second-order valence-corrected chi connectivity index (χ2v) is 4.81. The highest BCUT2D eigenvalue weighted by Gasteiger charge is 2.36. The zero-order valence-electron chi connectivity index (χ0n) is 11.1. The van der Waals surface area contributed by atoms with Gasteiger partial charge in [-0.15, -0.1) is 0 Å². The summed E-state index contributed by atoms with van der Waals surface area (Å²) in [5.41, 5.74) is 0. The molecule has 5 nitrogen and oxygen atoms in total. The van der Waals surface area contributed by atoms with Crippen LogP contribution in [0.1, 0.15) is 46.0 Å². The van der Waals surface area contributed by atoms with Crippen LogP contribution >= 0.6 is 0 Å². The van der Waals surface area contributed by atoms with Gasteiger partial charge in [-0.3, -0.25) is 9.59 Å². The van der Waals surface area contributed by atoms with Gasteiger partial charge in [0, 0.05) is 0 Å². The van der Waals surface area contributed by atoms with Crippen molar-refractivity contribution in [2.45, 2.75) is 58.1 Å². The molecule has 1 aliphatic rings. The Morgan fingerprint density at radius 1 is 1.33 bits per heavy atom. The van der Waals surface area contributed by atoms with Gasteiger partial charge in [0.15, 0.2) is 0 Å². The van der Waals surface area contributed by atoms with Crippen molar-refractivity contribution >= 4 is 11.9 Å². The first-order valence-electron chi connectivity index (χ1n) is 6.76. The molecule has 1 unspecified atom stereocenters. The fourth-order valence-corrected chi connectivity index (χ4v) is 2.37. The predicted octanol–water partition coefficient (Wildman–Crippen LogP) is 1.56. The summed E-state index contributed by atoms with van der Waals surface area (Å²) in [6.07, 6.45) is 3.55. The Labute approximate surface area is 108 Å². The molecule has 2 atom stereocenters. The van der Waals surface area contributed by atoms with Crippen LogP contribution in [0, 0.1) is 5.92 Å². The van der Waals surface area contributed by atoms with Crippen molar-refractivity contribution in [3.8, 4) is 0 Å². The van der Waals surface area contributed by atoms with Crippen molar-refractivity contribution in [3.05, 3.63) is 0 Å². The van der Waals surface area contributed by atoms with Crippen molar-refractivity contribution < 1.29 is 19.4 Å². The quantitative estimate of drug-likeness (QED) is 0.677. The molecule has 1 fully saturated rings. The SMILES string of the molecule is CCCC(CCC)C(=O)OC1CCN[C@@H]1C(=O)O. The summed E-state index contributed by atoms with van der Waals surface area (Å²) in [4.78, 5) is 23.0. The van der Waals surface area contributed by atoms with E-state index in [1.165, 1.54) is 0 Å². The molecular formula is C13H23NO4. The Hall–Kier alpha value is -1.10. The van der Waals surface area contributed by atoms with Gasteiger partial charge >= 0.3 is 11.9 Å². The van der Waals surface area contributed by atoms with Crippen LogP contribution < -0.4 is 5.32 Å². The first-order valence-corrected chi connectivity index (χ1v) is 6.76. The maximum absolute atomic E-state index is 12.0. The van der Waals surface area contributed by atoms with Crippen LogP contribution in [0.25, 0.3) is 0 Å². The summed E-state index contributed by atoms with van der Waals surface area (Å²) in [5, 5.41) is 11.8. The third-order valence-electron chi connectivity index (χ3n) is 3.31. The molecule has 5 heteroatoms. The van der Waals surface area contributed by atoms with E-state index in [4.69, 9.17) is 9.84 Å². The van der Waals surface area contributed by atoms with Crippen molar-refractivity contribution in [2.24, 2.45) is 5.92 Å². The normalized spacial score (nSPS) is 23.3. The monoisotopic (exact) mass is 257 g/mol. The number of hydrogen-bond acceptors (Lipinski definition) is 4. The number of ether oxygens (including phenoxy) is 1. The summed E-state index contributed by atoms with van der Waals surface area (Å²) >= 11 is 0. The minimum Gasteiger partial charge on any atom is -0.480 e. The first-order chi connectivity index (χ1) is 8.60. The maximum atomic E-state index is 12.0. The average molecular weight is 257 g/mol. The van der Waals surface area contributed by atoms with E-state index >= 15 is 0 Å².